The number of hydrogen-bond acceptors (Lipinski definition) is 5. The van der Waals surface area contributed by atoms with Gasteiger partial charge in [0.2, 0.25) is 0 Å². The fourth-order valence-electron chi connectivity index (χ4n) is 4.45. The summed E-state index contributed by atoms with van der Waals surface area (Å²) in [6.45, 7) is 4.80. The Bertz CT molecular complexity index is 1290. The van der Waals surface area contributed by atoms with Crippen LogP contribution in [0.1, 0.15) is 22.9 Å². The zero-order valence-electron chi connectivity index (χ0n) is 17.6. The first-order valence-electron chi connectivity index (χ1n) is 10.5. The first kappa shape index (κ1) is 20.5. The van der Waals surface area contributed by atoms with Crippen LogP contribution in [0.2, 0.25) is 0 Å². The van der Waals surface area contributed by atoms with E-state index in [1.54, 1.807) is 12.1 Å². The van der Waals surface area contributed by atoms with Crippen molar-refractivity contribution in [2.75, 3.05) is 19.6 Å². The first-order valence-corrected chi connectivity index (χ1v) is 10.5. The minimum atomic E-state index is -0.543. The third kappa shape index (κ3) is 3.83. The molecule has 6 nitrogen and oxygen atoms in total. The van der Waals surface area contributed by atoms with Crippen LogP contribution >= 0.6 is 0 Å². The summed E-state index contributed by atoms with van der Waals surface area (Å²) in [6.07, 6.45) is 0. The molecule has 4 aromatic rings. The number of H-pyrrole nitrogens is 1. The summed E-state index contributed by atoms with van der Waals surface area (Å²) in [5, 5.41) is 21.1. The van der Waals surface area contributed by atoms with Crippen LogP contribution in [0.4, 0.5) is 8.78 Å². The van der Waals surface area contributed by atoms with Crippen LogP contribution in [-0.2, 0) is 6.54 Å². The van der Waals surface area contributed by atoms with E-state index in [0.717, 1.165) is 41.4 Å². The quantitative estimate of drug-likeness (QED) is 0.451. The van der Waals surface area contributed by atoms with Crippen molar-refractivity contribution in [1.82, 2.24) is 25.4 Å². The summed E-state index contributed by atoms with van der Waals surface area (Å²) < 4.78 is 28.5. The lowest BCUT2D eigenvalue weighted by Gasteiger charge is -2.36. The number of phenolic OH excluding ortho intramolecular Hbond substituents is 1. The molecular formula is C24H23F2N5O. The number of benzene rings is 2. The maximum Gasteiger partial charge on any atom is 0.156 e. The van der Waals surface area contributed by atoms with Gasteiger partial charge in [-0.2, -0.15) is 5.10 Å². The zero-order chi connectivity index (χ0) is 22.2. The number of aromatic hydroxyl groups is 1. The first-order chi connectivity index (χ1) is 15.5. The summed E-state index contributed by atoms with van der Waals surface area (Å²) >= 11 is 0. The highest BCUT2D eigenvalue weighted by Gasteiger charge is 2.26. The number of aromatic nitrogens is 3. The standard InChI is InChI=1S/C24H23F2N5O/c1-14-23-16(13-31-8-7-27-12-22(31)15-3-2-4-17(25)9-15)10-21(28-24(23)30-29-14)19-6-5-18(32)11-20(19)26/h2-6,9-11,22,27,32H,7-8,12-13H2,1H3,(H,28,29,30)/t22-/m0/s1. The molecule has 1 saturated heterocycles. The predicted molar refractivity (Wildman–Crippen MR) is 118 cm³/mol. The van der Waals surface area contributed by atoms with E-state index in [4.69, 9.17) is 0 Å². The molecule has 0 bridgehead atoms. The van der Waals surface area contributed by atoms with Gasteiger partial charge in [0.15, 0.2) is 5.65 Å². The number of nitrogens with zero attached hydrogens (tertiary/aromatic N) is 3. The highest BCUT2D eigenvalue weighted by molar-refractivity contribution is 5.84. The van der Waals surface area contributed by atoms with Crippen LogP contribution in [0.15, 0.2) is 48.5 Å². The van der Waals surface area contributed by atoms with Crippen LogP contribution in [0.3, 0.4) is 0 Å². The van der Waals surface area contributed by atoms with Gasteiger partial charge in [0.05, 0.1) is 11.4 Å². The third-order valence-electron chi connectivity index (χ3n) is 5.98. The number of hydrogen-bond donors (Lipinski definition) is 3. The largest absolute Gasteiger partial charge is 0.508 e. The normalized spacial score (nSPS) is 17.2. The average Bonchev–Trinajstić information content (AvgIpc) is 3.15. The Labute approximate surface area is 183 Å². The van der Waals surface area contributed by atoms with E-state index in [-0.39, 0.29) is 17.6 Å². The summed E-state index contributed by atoms with van der Waals surface area (Å²) in [5.74, 6) is -0.933. The second-order valence-electron chi connectivity index (χ2n) is 8.11. The van der Waals surface area contributed by atoms with Gasteiger partial charge < -0.3 is 10.4 Å². The smallest absolute Gasteiger partial charge is 0.156 e. The Hall–Kier alpha value is -3.36. The highest BCUT2D eigenvalue weighted by Crippen LogP contribution is 2.32. The van der Waals surface area contributed by atoms with Gasteiger partial charge in [-0.25, -0.2) is 13.8 Å². The fraction of sp³-hybridized carbons (Fsp3) is 0.250. The van der Waals surface area contributed by atoms with Crippen molar-refractivity contribution in [2.45, 2.75) is 19.5 Å². The highest BCUT2D eigenvalue weighted by atomic mass is 19.1. The van der Waals surface area contributed by atoms with Gasteiger partial charge in [-0.3, -0.25) is 10.00 Å². The van der Waals surface area contributed by atoms with Gasteiger partial charge in [-0.1, -0.05) is 12.1 Å². The summed E-state index contributed by atoms with van der Waals surface area (Å²) in [5.41, 5.74) is 4.05. The molecule has 32 heavy (non-hydrogen) atoms. The van der Waals surface area contributed by atoms with Crippen molar-refractivity contribution in [2.24, 2.45) is 0 Å². The van der Waals surface area contributed by atoms with E-state index in [9.17, 15) is 13.9 Å². The number of phenols is 1. The number of aryl methyl sites for hydroxylation is 1. The van der Waals surface area contributed by atoms with E-state index in [1.807, 2.05) is 19.1 Å². The molecule has 164 valence electrons. The minimum Gasteiger partial charge on any atom is -0.508 e. The van der Waals surface area contributed by atoms with Crippen LogP contribution in [0.25, 0.3) is 22.3 Å². The lowest BCUT2D eigenvalue weighted by molar-refractivity contribution is 0.154. The van der Waals surface area contributed by atoms with E-state index >= 15 is 0 Å². The third-order valence-corrected chi connectivity index (χ3v) is 5.98. The second kappa shape index (κ2) is 8.29. The maximum atomic E-state index is 14.6. The van der Waals surface area contributed by atoms with Crippen LogP contribution < -0.4 is 5.32 Å². The molecule has 2 aromatic heterocycles. The summed E-state index contributed by atoms with van der Waals surface area (Å²) in [6, 6.07) is 12.6. The molecule has 1 atom stereocenters. The Kier molecular flexibility index (Phi) is 5.32. The molecule has 3 heterocycles. The Balaban J connectivity index is 1.57. The van der Waals surface area contributed by atoms with E-state index < -0.39 is 5.82 Å². The minimum absolute atomic E-state index is 0.00345. The maximum absolute atomic E-state index is 14.6. The Morgan fingerprint density at radius 1 is 1.16 bits per heavy atom. The van der Waals surface area contributed by atoms with Crippen LogP contribution in [-0.4, -0.2) is 44.8 Å². The van der Waals surface area contributed by atoms with Gasteiger partial charge in [0.1, 0.15) is 17.4 Å². The number of fused-ring (bicyclic) bond motifs is 1. The van der Waals surface area contributed by atoms with E-state index in [0.29, 0.717) is 30.0 Å². The molecule has 0 spiro atoms. The van der Waals surface area contributed by atoms with Gasteiger partial charge in [-0.15, -0.1) is 0 Å². The Morgan fingerprint density at radius 2 is 2.03 bits per heavy atom. The van der Waals surface area contributed by atoms with Crippen LogP contribution in [0.5, 0.6) is 5.75 Å². The van der Waals surface area contributed by atoms with Gasteiger partial charge in [-0.05, 0) is 48.4 Å². The number of halogens is 2. The molecule has 1 aliphatic heterocycles. The molecule has 1 fully saturated rings. The van der Waals surface area contributed by atoms with Crippen molar-refractivity contribution in [1.29, 1.82) is 0 Å². The molecule has 8 heteroatoms. The molecule has 0 saturated carbocycles. The average molecular weight is 435 g/mol. The van der Waals surface area contributed by atoms with Crippen molar-refractivity contribution in [3.63, 3.8) is 0 Å². The monoisotopic (exact) mass is 435 g/mol. The fourth-order valence-corrected chi connectivity index (χ4v) is 4.45. The number of aromatic amines is 1. The molecule has 0 unspecified atom stereocenters. The molecule has 2 aromatic carbocycles. The Morgan fingerprint density at radius 3 is 2.84 bits per heavy atom. The summed E-state index contributed by atoms with van der Waals surface area (Å²) in [7, 11) is 0. The lowest BCUT2D eigenvalue weighted by atomic mass is 10.00. The topological polar surface area (TPSA) is 77.1 Å². The summed E-state index contributed by atoms with van der Waals surface area (Å²) in [4.78, 5) is 6.87. The zero-order valence-corrected chi connectivity index (χ0v) is 17.6. The molecule has 3 N–H and O–H groups in total. The number of pyridine rings is 1. The van der Waals surface area contributed by atoms with Crippen molar-refractivity contribution < 1.29 is 13.9 Å². The van der Waals surface area contributed by atoms with Crippen molar-refractivity contribution in [3.8, 4) is 17.0 Å². The molecule has 0 radical (unpaired) electrons. The van der Waals surface area contributed by atoms with E-state index in [1.165, 1.54) is 18.2 Å². The molecule has 5 rings (SSSR count). The molecule has 0 amide bonds. The molecular weight excluding hydrogens is 412 g/mol. The van der Waals surface area contributed by atoms with Crippen LogP contribution in [0, 0.1) is 18.6 Å². The number of piperazine rings is 1. The SMILES string of the molecule is Cc1n[nH]c2nc(-c3ccc(O)cc3F)cc(CN3CCNC[C@H]3c3cccc(F)c3)c12. The van der Waals surface area contributed by atoms with Gasteiger partial charge >= 0.3 is 0 Å². The van der Waals surface area contributed by atoms with E-state index in [2.05, 4.69) is 25.4 Å². The molecule has 0 aliphatic carbocycles. The molecule has 1 aliphatic rings. The van der Waals surface area contributed by atoms with Gasteiger partial charge in [0, 0.05) is 49.2 Å². The second-order valence-corrected chi connectivity index (χ2v) is 8.11. The number of nitrogens with one attached hydrogen (secondary N) is 2. The van der Waals surface area contributed by atoms with Crippen molar-refractivity contribution in [3.05, 3.63) is 77.0 Å². The predicted octanol–water partition coefficient (Wildman–Crippen LogP) is 4.06. The number of rotatable bonds is 4. The van der Waals surface area contributed by atoms with Crippen molar-refractivity contribution >= 4 is 11.0 Å². The lowest BCUT2D eigenvalue weighted by Crippen LogP contribution is -2.45. The van der Waals surface area contributed by atoms with Gasteiger partial charge in [0.25, 0.3) is 0 Å².